The summed E-state index contributed by atoms with van der Waals surface area (Å²) in [6.45, 7) is 3.07. The van der Waals surface area contributed by atoms with Crippen molar-refractivity contribution in [3.8, 4) is 0 Å². The summed E-state index contributed by atoms with van der Waals surface area (Å²) in [5, 5.41) is 8.96. The number of hydrogen-bond acceptors (Lipinski definition) is 3. The monoisotopic (exact) mass is 386 g/mol. The van der Waals surface area contributed by atoms with Gasteiger partial charge in [-0.2, -0.15) is 13.2 Å². The SMILES string of the molecule is CCN(CC(=O)O)C1CCN(C(=O)CC(c2ccccc2)C(F)(F)F)CC1. The highest BCUT2D eigenvalue weighted by Crippen LogP contribution is 2.38. The molecule has 1 aromatic carbocycles. The molecule has 0 spiro atoms. The number of halogens is 3. The Morgan fingerprint density at radius 1 is 1.22 bits per heavy atom. The Morgan fingerprint density at radius 3 is 2.30 bits per heavy atom. The van der Waals surface area contributed by atoms with Crippen LogP contribution in [0.2, 0.25) is 0 Å². The summed E-state index contributed by atoms with van der Waals surface area (Å²) in [5.41, 5.74) is 0.0897. The van der Waals surface area contributed by atoms with Crippen LogP contribution in [0.5, 0.6) is 0 Å². The predicted molar refractivity (Wildman–Crippen MR) is 94.3 cm³/mol. The molecule has 27 heavy (non-hydrogen) atoms. The van der Waals surface area contributed by atoms with Crippen LogP contribution in [0.25, 0.3) is 0 Å². The van der Waals surface area contributed by atoms with Gasteiger partial charge in [-0.25, -0.2) is 0 Å². The number of benzene rings is 1. The third kappa shape index (κ3) is 5.95. The minimum absolute atomic E-state index is 0.0303. The lowest BCUT2D eigenvalue weighted by Crippen LogP contribution is -2.48. The minimum atomic E-state index is -4.49. The number of nitrogens with zero attached hydrogens (tertiary/aromatic N) is 2. The molecule has 0 bridgehead atoms. The Balaban J connectivity index is 1.97. The molecular formula is C19H25F3N2O3. The molecular weight excluding hydrogens is 361 g/mol. The van der Waals surface area contributed by atoms with Gasteiger partial charge in [-0.3, -0.25) is 14.5 Å². The molecule has 0 saturated carbocycles. The first kappa shape index (κ1) is 21.2. The molecule has 1 atom stereocenters. The number of likely N-dealkylation sites (tertiary alicyclic amines) is 1. The maximum absolute atomic E-state index is 13.4. The van der Waals surface area contributed by atoms with Crippen LogP contribution < -0.4 is 0 Å². The van der Waals surface area contributed by atoms with Gasteiger partial charge in [0.15, 0.2) is 0 Å². The Morgan fingerprint density at radius 2 is 1.81 bits per heavy atom. The van der Waals surface area contributed by atoms with Gasteiger partial charge in [0.25, 0.3) is 0 Å². The molecule has 1 N–H and O–H groups in total. The van der Waals surface area contributed by atoms with Gasteiger partial charge in [-0.15, -0.1) is 0 Å². The summed E-state index contributed by atoms with van der Waals surface area (Å²) in [6.07, 6.45) is -3.97. The number of aliphatic carboxylic acids is 1. The number of amides is 1. The maximum atomic E-state index is 13.4. The highest BCUT2D eigenvalue weighted by Gasteiger charge is 2.42. The molecule has 5 nitrogen and oxygen atoms in total. The van der Waals surface area contributed by atoms with Gasteiger partial charge in [0.2, 0.25) is 5.91 Å². The topological polar surface area (TPSA) is 60.9 Å². The van der Waals surface area contributed by atoms with E-state index in [2.05, 4.69) is 0 Å². The van der Waals surface area contributed by atoms with E-state index >= 15 is 0 Å². The number of carboxylic acids is 1. The van der Waals surface area contributed by atoms with Gasteiger partial charge in [0.1, 0.15) is 0 Å². The number of alkyl halides is 3. The Hall–Kier alpha value is -2.09. The average molecular weight is 386 g/mol. The molecule has 8 heteroatoms. The Labute approximate surface area is 156 Å². The van der Waals surface area contributed by atoms with Gasteiger partial charge >= 0.3 is 12.1 Å². The number of likely N-dealkylation sites (N-methyl/N-ethyl adjacent to an activating group) is 1. The lowest BCUT2D eigenvalue weighted by atomic mass is 9.93. The molecule has 1 aromatic rings. The first-order valence-electron chi connectivity index (χ1n) is 9.07. The molecule has 2 rings (SSSR count). The molecule has 1 aliphatic rings. The van der Waals surface area contributed by atoms with Crippen molar-refractivity contribution in [2.45, 2.75) is 44.3 Å². The van der Waals surface area contributed by atoms with Crippen LogP contribution in [0.1, 0.15) is 37.7 Å². The van der Waals surface area contributed by atoms with Crippen LogP contribution >= 0.6 is 0 Å². The molecule has 1 unspecified atom stereocenters. The third-order valence-electron chi connectivity index (χ3n) is 5.05. The smallest absolute Gasteiger partial charge is 0.396 e. The summed E-state index contributed by atoms with van der Waals surface area (Å²) in [7, 11) is 0. The second-order valence-corrected chi connectivity index (χ2v) is 6.78. The normalized spacial score (nSPS) is 17.1. The van der Waals surface area contributed by atoms with Crippen LogP contribution in [-0.4, -0.2) is 65.2 Å². The number of carbonyl (C=O) groups is 2. The molecule has 1 saturated heterocycles. The van der Waals surface area contributed by atoms with Crippen molar-refractivity contribution in [1.29, 1.82) is 0 Å². The number of carboxylic acid groups (broad SMARTS) is 1. The van der Waals surface area contributed by atoms with Crippen molar-refractivity contribution in [1.82, 2.24) is 9.80 Å². The Bertz CT molecular complexity index is 629. The number of rotatable bonds is 7. The van der Waals surface area contributed by atoms with E-state index < -0.39 is 30.4 Å². The molecule has 150 valence electrons. The fourth-order valence-electron chi connectivity index (χ4n) is 3.56. The zero-order valence-corrected chi connectivity index (χ0v) is 15.3. The summed E-state index contributed by atoms with van der Waals surface area (Å²) in [5.74, 6) is -3.24. The van der Waals surface area contributed by atoms with Crippen LogP contribution in [0, 0.1) is 0 Å². The molecule has 0 radical (unpaired) electrons. The summed E-state index contributed by atoms with van der Waals surface area (Å²) in [4.78, 5) is 26.7. The summed E-state index contributed by atoms with van der Waals surface area (Å²) in [6, 6.07) is 7.52. The summed E-state index contributed by atoms with van der Waals surface area (Å²) >= 11 is 0. The standard InChI is InChI=1S/C19H25F3N2O3/c1-2-23(13-18(26)27)15-8-10-24(11-9-15)17(25)12-16(19(20,21)22)14-6-4-3-5-7-14/h3-7,15-16H,2,8-13H2,1H3,(H,26,27). The second-order valence-electron chi connectivity index (χ2n) is 6.78. The van der Waals surface area contributed by atoms with Gasteiger partial charge in [0, 0.05) is 25.6 Å². The zero-order chi connectivity index (χ0) is 20.0. The molecule has 1 heterocycles. The van der Waals surface area contributed by atoms with Crippen LogP contribution in [0.15, 0.2) is 30.3 Å². The third-order valence-corrected chi connectivity index (χ3v) is 5.05. The highest BCUT2D eigenvalue weighted by atomic mass is 19.4. The number of piperidine rings is 1. The summed E-state index contributed by atoms with van der Waals surface area (Å²) < 4.78 is 40.3. The van der Waals surface area contributed by atoms with Crippen molar-refractivity contribution in [2.24, 2.45) is 0 Å². The first-order valence-corrected chi connectivity index (χ1v) is 9.07. The fraction of sp³-hybridized carbons (Fsp3) is 0.579. The van der Waals surface area contributed by atoms with E-state index in [9.17, 15) is 22.8 Å². The van der Waals surface area contributed by atoms with E-state index in [0.717, 1.165) is 0 Å². The van der Waals surface area contributed by atoms with Gasteiger partial charge in [0.05, 0.1) is 12.5 Å². The quantitative estimate of drug-likeness (QED) is 0.782. The van der Waals surface area contributed by atoms with E-state index in [1.165, 1.54) is 29.2 Å². The van der Waals surface area contributed by atoms with E-state index in [1.807, 2.05) is 11.8 Å². The van der Waals surface area contributed by atoms with E-state index in [1.54, 1.807) is 6.07 Å². The predicted octanol–water partition coefficient (Wildman–Crippen LogP) is 3.12. The molecule has 1 aliphatic heterocycles. The Kier molecular flexibility index (Phi) is 7.24. The highest BCUT2D eigenvalue weighted by molar-refractivity contribution is 5.77. The first-order chi connectivity index (χ1) is 12.7. The van der Waals surface area contributed by atoms with Crippen LogP contribution in [0.4, 0.5) is 13.2 Å². The van der Waals surface area contributed by atoms with E-state index in [4.69, 9.17) is 5.11 Å². The van der Waals surface area contributed by atoms with Crippen molar-refractivity contribution in [3.63, 3.8) is 0 Å². The van der Waals surface area contributed by atoms with E-state index in [-0.39, 0.29) is 18.2 Å². The molecule has 0 aliphatic carbocycles. The van der Waals surface area contributed by atoms with Gasteiger partial charge in [-0.1, -0.05) is 37.3 Å². The second kappa shape index (κ2) is 9.21. The minimum Gasteiger partial charge on any atom is -0.480 e. The van der Waals surface area contributed by atoms with Crippen LogP contribution in [-0.2, 0) is 9.59 Å². The fourth-order valence-corrected chi connectivity index (χ4v) is 3.56. The maximum Gasteiger partial charge on any atom is 0.396 e. The van der Waals surface area contributed by atoms with Gasteiger partial charge < -0.3 is 10.0 Å². The van der Waals surface area contributed by atoms with Crippen molar-refractivity contribution in [3.05, 3.63) is 35.9 Å². The number of hydrogen-bond donors (Lipinski definition) is 1. The molecule has 0 aromatic heterocycles. The number of carbonyl (C=O) groups excluding carboxylic acids is 1. The lowest BCUT2D eigenvalue weighted by Gasteiger charge is -2.38. The lowest BCUT2D eigenvalue weighted by molar-refractivity contribution is -0.161. The zero-order valence-electron chi connectivity index (χ0n) is 15.3. The average Bonchev–Trinajstić information content (AvgIpc) is 2.63. The molecule has 1 fully saturated rings. The van der Waals surface area contributed by atoms with Crippen molar-refractivity contribution in [2.75, 3.05) is 26.2 Å². The van der Waals surface area contributed by atoms with Gasteiger partial charge in [-0.05, 0) is 24.9 Å². The largest absolute Gasteiger partial charge is 0.480 e. The van der Waals surface area contributed by atoms with E-state index in [0.29, 0.717) is 32.5 Å². The van der Waals surface area contributed by atoms with Crippen LogP contribution in [0.3, 0.4) is 0 Å². The van der Waals surface area contributed by atoms with Crippen molar-refractivity contribution >= 4 is 11.9 Å². The van der Waals surface area contributed by atoms with Crippen molar-refractivity contribution < 1.29 is 27.9 Å². The molecule has 1 amide bonds.